The lowest BCUT2D eigenvalue weighted by Gasteiger charge is -2.41. The van der Waals surface area contributed by atoms with Crippen molar-refractivity contribution in [2.75, 3.05) is 0 Å². The van der Waals surface area contributed by atoms with Crippen molar-refractivity contribution in [1.82, 2.24) is 0 Å². The summed E-state index contributed by atoms with van der Waals surface area (Å²) >= 11 is 0. The van der Waals surface area contributed by atoms with Crippen LogP contribution in [0.15, 0.2) is 0 Å². The van der Waals surface area contributed by atoms with Crippen molar-refractivity contribution in [3.05, 3.63) is 0 Å². The highest BCUT2D eigenvalue weighted by atomic mass is 14.4. The van der Waals surface area contributed by atoms with Crippen LogP contribution in [0.3, 0.4) is 0 Å². The lowest BCUT2D eigenvalue weighted by Crippen LogP contribution is -2.31. The van der Waals surface area contributed by atoms with E-state index in [0.717, 1.165) is 35.5 Å². The molecule has 0 aliphatic heterocycles. The van der Waals surface area contributed by atoms with Crippen molar-refractivity contribution in [2.24, 2.45) is 35.5 Å². The van der Waals surface area contributed by atoms with Gasteiger partial charge in [0.05, 0.1) is 0 Å². The van der Waals surface area contributed by atoms with Crippen LogP contribution in [0.1, 0.15) is 85.5 Å². The van der Waals surface area contributed by atoms with Gasteiger partial charge in [0.1, 0.15) is 0 Å². The fourth-order valence-corrected chi connectivity index (χ4v) is 5.04. The minimum Gasteiger partial charge on any atom is -0.0651 e. The predicted octanol–water partition coefficient (Wildman–Crippen LogP) is 6.30. The van der Waals surface area contributed by atoms with E-state index in [4.69, 9.17) is 0 Å². The molecule has 2 saturated carbocycles. The molecule has 2 aliphatic carbocycles. The van der Waals surface area contributed by atoms with Crippen LogP contribution in [0, 0.1) is 35.5 Å². The van der Waals surface area contributed by atoms with Gasteiger partial charge in [-0.1, -0.05) is 59.8 Å². The van der Waals surface area contributed by atoms with Crippen molar-refractivity contribution in [1.29, 1.82) is 0 Å². The monoisotopic (exact) mass is 264 g/mol. The normalized spacial score (nSPS) is 40.6. The molecule has 112 valence electrons. The molecule has 19 heavy (non-hydrogen) atoms. The van der Waals surface area contributed by atoms with Gasteiger partial charge in [-0.3, -0.25) is 0 Å². The van der Waals surface area contributed by atoms with Gasteiger partial charge in [0.2, 0.25) is 0 Å². The zero-order chi connectivity index (χ0) is 13.8. The van der Waals surface area contributed by atoms with Crippen molar-refractivity contribution in [2.45, 2.75) is 85.5 Å². The van der Waals surface area contributed by atoms with Crippen LogP contribution in [0.2, 0.25) is 0 Å². The Kier molecular flexibility index (Phi) is 5.78. The maximum atomic E-state index is 2.55. The maximum absolute atomic E-state index is 2.55. The fourth-order valence-electron chi connectivity index (χ4n) is 5.04. The summed E-state index contributed by atoms with van der Waals surface area (Å²) < 4.78 is 0. The standard InChI is InChI=1S/C19H36/c1-5-16-11-15(4)19(10-14(2)3)13-18-9-7-6-8-17(18)12-16/h14-19H,5-13H2,1-4H3. The molecule has 2 aliphatic rings. The molecule has 0 aromatic heterocycles. The Labute approximate surface area is 121 Å². The number of hydrogen-bond acceptors (Lipinski definition) is 0. The van der Waals surface area contributed by atoms with Gasteiger partial charge in [-0.15, -0.1) is 0 Å². The molecular weight excluding hydrogens is 228 g/mol. The first-order chi connectivity index (χ1) is 9.10. The first-order valence-corrected chi connectivity index (χ1v) is 9.10. The number of fused-ring (bicyclic) bond motifs is 1. The van der Waals surface area contributed by atoms with Crippen LogP contribution in [0.25, 0.3) is 0 Å². The second-order valence-corrected chi connectivity index (χ2v) is 8.15. The molecule has 0 radical (unpaired) electrons. The van der Waals surface area contributed by atoms with Gasteiger partial charge in [0.25, 0.3) is 0 Å². The molecule has 0 heterocycles. The molecule has 0 heteroatoms. The fraction of sp³-hybridized carbons (Fsp3) is 1.00. The molecule has 0 bridgehead atoms. The minimum absolute atomic E-state index is 0.883. The summed E-state index contributed by atoms with van der Waals surface area (Å²) in [5.41, 5.74) is 0. The van der Waals surface area contributed by atoms with Crippen LogP contribution >= 0.6 is 0 Å². The van der Waals surface area contributed by atoms with Crippen LogP contribution in [0.5, 0.6) is 0 Å². The third kappa shape index (κ3) is 4.23. The smallest absolute Gasteiger partial charge is 0.0383 e. The number of rotatable bonds is 3. The molecule has 0 spiro atoms. The quantitative estimate of drug-likeness (QED) is 0.561. The van der Waals surface area contributed by atoms with E-state index in [1.165, 1.54) is 32.1 Å². The summed E-state index contributed by atoms with van der Waals surface area (Å²) in [7, 11) is 0. The second-order valence-electron chi connectivity index (χ2n) is 8.15. The van der Waals surface area contributed by atoms with E-state index < -0.39 is 0 Å². The van der Waals surface area contributed by atoms with Crippen molar-refractivity contribution < 1.29 is 0 Å². The Morgan fingerprint density at radius 2 is 1.58 bits per heavy atom. The van der Waals surface area contributed by atoms with E-state index in [2.05, 4.69) is 27.7 Å². The molecule has 5 atom stereocenters. The van der Waals surface area contributed by atoms with E-state index in [1.807, 2.05) is 0 Å². The van der Waals surface area contributed by atoms with Crippen molar-refractivity contribution in [3.8, 4) is 0 Å². The second kappa shape index (κ2) is 7.14. The molecule has 0 saturated heterocycles. The van der Waals surface area contributed by atoms with Crippen LogP contribution in [-0.4, -0.2) is 0 Å². The SMILES string of the molecule is CCC1CC(C)C(CC(C)C)CC2CCCCC2C1. The van der Waals surface area contributed by atoms with E-state index >= 15 is 0 Å². The molecule has 0 nitrogen and oxygen atoms in total. The van der Waals surface area contributed by atoms with Crippen molar-refractivity contribution in [3.63, 3.8) is 0 Å². The molecule has 2 fully saturated rings. The van der Waals surface area contributed by atoms with Crippen LogP contribution in [0.4, 0.5) is 0 Å². The van der Waals surface area contributed by atoms with Crippen molar-refractivity contribution >= 4 is 0 Å². The highest BCUT2D eigenvalue weighted by Crippen LogP contribution is 2.45. The summed E-state index contributed by atoms with van der Waals surface area (Å²) in [6.07, 6.45) is 13.6. The van der Waals surface area contributed by atoms with Gasteiger partial charge >= 0.3 is 0 Å². The average molecular weight is 264 g/mol. The lowest BCUT2D eigenvalue weighted by molar-refractivity contribution is 0.0938. The van der Waals surface area contributed by atoms with E-state index in [1.54, 1.807) is 25.7 Å². The van der Waals surface area contributed by atoms with Gasteiger partial charge in [-0.2, -0.15) is 0 Å². The summed E-state index contributed by atoms with van der Waals surface area (Å²) in [6, 6.07) is 0. The van der Waals surface area contributed by atoms with E-state index in [9.17, 15) is 0 Å². The highest BCUT2D eigenvalue weighted by molar-refractivity contribution is 4.85. The van der Waals surface area contributed by atoms with Gasteiger partial charge in [-0.05, 0) is 61.2 Å². The maximum Gasteiger partial charge on any atom is -0.0383 e. The predicted molar refractivity (Wildman–Crippen MR) is 85.2 cm³/mol. The average Bonchev–Trinajstić information content (AvgIpc) is 2.36. The highest BCUT2D eigenvalue weighted by Gasteiger charge is 2.34. The number of hydrogen-bond donors (Lipinski definition) is 0. The topological polar surface area (TPSA) is 0 Å². The Bertz CT molecular complexity index is 255. The molecule has 5 unspecified atom stereocenters. The summed E-state index contributed by atoms with van der Waals surface area (Å²) in [6.45, 7) is 9.81. The third-order valence-electron chi connectivity index (χ3n) is 6.17. The molecule has 0 aromatic carbocycles. The van der Waals surface area contributed by atoms with Gasteiger partial charge in [0, 0.05) is 0 Å². The minimum atomic E-state index is 0.883. The summed E-state index contributed by atoms with van der Waals surface area (Å²) in [4.78, 5) is 0. The Balaban J connectivity index is 2.07. The van der Waals surface area contributed by atoms with Gasteiger partial charge < -0.3 is 0 Å². The zero-order valence-electron chi connectivity index (χ0n) is 13.8. The molecule has 2 rings (SSSR count). The summed E-state index contributed by atoms with van der Waals surface area (Å²) in [5, 5.41) is 0. The van der Waals surface area contributed by atoms with E-state index in [-0.39, 0.29) is 0 Å². The Morgan fingerprint density at radius 3 is 2.16 bits per heavy atom. The van der Waals surface area contributed by atoms with Gasteiger partial charge in [0.15, 0.2) is 0 Å². The third-order valence-corrected chi connectivity index (χ3v) is 6.17. The summed E-state index contributed by atoms with van der Waals surface area (Å²) in [5.74, 6) is 6.05. The molecule has 0 amide bonds. The zero-order valence-corrected chi connectivity index (χ0v) is 13.8. The molecule has 0 aromatic rings. The first kappa shape index (κ1) is 15.4. The Hall–Kier alpha value is 0. The van der Waals surface area contributed by atoms with Crippen LogP contribution in [-0.2, 0) is 0 Å². The van der Waals surface area contributed by atoms with Crippen LogP contribution < -0.4 is 0 Å². The van der Waals surface area contributed by atoms with Gasteiger partial charge in [-0.25, -0.2) is 0 Å². The molecular formula is C19H36. The Morgan fingerprint density at radius 1 is 0.947 bits per heavy atom. The molecule has 0 N–H and O–H groups in total. The lowest BCUT2D eigenvalue weighted by atomic mass is 9.64. The largest absolute Gasteiger partial charge is 0.0651 e. The van der Waals surface area contributed by atoms with E-state index in [0.29, 0.717) is 0 Å². The first-order valence-electron chi connectivity index (χ1n) is 9.10.